The first kappa shape index (κ1) is 31.6. The molecule has 2 radical (unpaired) electrons. The minimum atomic E-state index is 0. The van der Waals surface area contributed by atoms with E-state index in [1.807, 2.05) is 33.2 Å². The van der Waals surface area contributed by atoms with Crippen LogP contribution in [0.4, 0.5) is 0 Å². The molecular formula is C18H30Cl2NOSiTi-. The summed E-state index contributed by atoms with van der Waals surface area (Å²) in [5, 5.41) is 8.81. The molecular weight excluding hydrogens is 393 g/mol. The fraction of sp³-hybridized carbons (Fsp3) is 0.444. The second-order valence-electron chi connectivity index (χ2n) is 5.37. The van der Waals surface area contributed by atoms with E-state index in [4.69, 9.17) is 5.11 Å². The fourth-order valence-electron chi connectivity index (χ4n) is 1.60. The van der Waals surface area contributed by atoms with Crippen molar-refractivity contribution in [2.75, 3.05) is 14.1 Å². The average molecular weight is 423 g/mol. The number of rotatable bonds is 1. The van der Waals surface area contributed by atoms with Crippen molar-refractivity contribution in [3.05, 3.63) is 53.3 Å². The van der Waals surface area contributed by atoms with E-state index in [-0.39, 0.29) is 46.5 Å². The SMILES string of the molecule is CC1=CC(N(C)C)=[C-]C1C.C[Si]C.Cc1cccc(O)c1.Cl.Cl.[Ti]. The predicted molar refractivity (Wildman–Crippen MR) is 108 cm³/mol. The number of hydrogen-bond acceptors (Lipinski definition) is 2. The maximum Gasteiger partial charge on any atom is 0.115 e. The Morgan fingerprint density at radius 2 is 1.62 bits per heavy atom. The number of nitrogens with zero attached hydrogens (tertiary/aromatic N) is 1. The number of aromatic hydroxyl groups is 1. The van der Waals surface area contributed by atoms with Crippen LogP contribution in [-0.2, 0) is 21.7 Å². The normalized spacial score (nSPS) is 13.9. The molecule has 1 aliphatic rings. The van der Waals surface area contributed by atoms with Crippen LogP contribution in [0.3, 0.4) is 0 Å². The molecule has 1 aromatic carbocycles. The van der Waals surface area contributed by atoms with Crippen LogP contribution < -0.4 is 0 Å². The molecule has 1 aromatic rings. The fourth-order valence-corrected chi connectivity index (χ4v) is 1.60. The van der Waals surface area contributed by atoms with E-state index < -0.39 is 0 Å². The smallest absolute Gasteiger partial charge is 0.115 e. The monoisotopic (exact) mass is 422 g/mol. The van der Waals surface area contributed by atoms with Gasteiger partial charge in [-0.3, -0.25) is 0 Å². The quantitative estimate of drug-likeness (QED) is 0.498. The molecule has 1 aliphatic carbocycles. The van der Waals surface area contributed by atoms with E-state index in [1.54, 1.807) is 12.1 Å². The summed E-state index contributed by atoms with van der Waals surface area (Å²) in [6.45, 7) is 10.6. The summed E-state index contributed by atoms with van der Waals surface area (Å²) < 4.78 is 0. The Morgan fingerprint density at radius 3 is 1.83 bits per heavy atom. The van der Waals surface area contributed by atoms with Crippen molar-refractivity contribution in [2.24, 2.45) is 5.92 Å². The molecule has 0 aliphatic heterocycles. The maximum atomic E-state index is 8.81. The first-order chi connectivity index (χ1) is 9.81. The van der Waals surface area contributed by atoms with Gasteiger partial charge in [-0.1, -0.05) is 45.0 Å². The molecule has 1 unspecified atom stereocenters. The summed E-state index contributed by atoms with van der Waals surface area (Å²) in [6.07, 6.45) is 5.54. The summed E-state index contributed by atoms with van der Waals surface area (Å²) in [6, 6.07) is 7.15. The minimum Gasteiger partial charge on any atom is -0.508 e. The molecule has 2 nitrogen and oxygen atoms in total. The van der Waals surface area contributed by atoms with Crippen molar-refractivity contribution < 1.29 is 26.8 Å². The van der Waals surface area contributed by atoms with Crippen LogP contribution in [0.25, 0.3) is 0 Å². The van der Waals surface area contributed by atoms with Gasteiger partial charge in [0.2, 0.25) is 0 Å². The first-order valence-electron chi connectivity index (χ1n) is 7.15. The molecule has 0 bridgehead atoms. The van der Waals surface area contributed by atoms with E-state index in [0.29, 0.717) is 11.7 Å². The van der Waals surface area contributed by atoms with Gasteiger partial charge in [-0.05, 0) is 24.6 Å². The number of phenols is 1. The molecule has 0 amide bonds. The van der Waals surface area contributed by atoms with Crippen LogP contribution in [0.2, 0.25) is 13.1 Å². The molecule has 0 aromatic heterocycles. The molecule has 0 fully saturated rings. The van der Waals surface area contributed by atoms with Crippen molar-refractivity contribution in [1.29, 1.82) is 0 Å². The standard InChI is InChI=1S/C9H14N.C7H8O.C2H6Si.2ClH.Ti/c1-7-5-9(10(3)4)6-8(7)2;1-6-3-2-4-7(8)5-6;1-3-2;;;/h5,8H,1-4H3;2-5,8H,1H3;1-2H3;2*1H;/q-1;;;;;. The maximum absolute atomic E-state index is 8.81. The van der Waals surface area contributed by atoms with Crippen LogP contribution in [0.1, 0.15) is 19.4 Å². The van der Waals surface area contributed by atoms with Gasteiger partial charge in [0.15, 0.2) is 0 Å². The van der Waals surface area contributed by atoms with Gasteiger partial charge in [-0.15, -0.1) is 30.5 Å². The van der Waals surface area contributed by atoms with Crippen molar-refractivity contribution in [2.45, 2.75) is 33.9 Å². The molecule has 0 heterocycles. The third kappa shape index (κ3) is 14.2. The van der Waals surface area contributed by atoms with E-state index in [9.17, 15) is 0 Å². The van der Waals surface area contributed by atoms with Crippen molar-refractivity contribution in [3.63, 3.8) is 0 Å². The summed E-state index contributed by atoms with van der Waals surface area (Å²) in [5.41, 5.74) is 3.71. The molecule has 136 valence electrons. The van der Waals surface area contributed by atoms with Crippen LogP contribution >= 0.6 is 24.8 Å². The van der Waals surface area contributed by atoms with E-state index in [0.717, 1.165) is 15.1 Å². The van der Waals surface area contributed by atoms with Gasteiger partial charge in [-0.25, -0.2) is 6.08 Å². The van der Waals surface area contributed by atoms with Crippen LogP contribution in [0.15, 0.2) is 41.6 Å². The molecule has 6 heteroatoms. The van der Waals surface area contributed by atoms with Gasteiger partial charge in [0.05, 0.1) is 0 Å². The Kier molecular flexibility index (Phi) is 23.2. The van der Waals surface area contributed by atoms with Gasteiger partial charge in [0, 0.05) is 45.3 Å². The Bertz CT molecular complexity index is 476. The third-order valence-corrected chi connectivity index (χ3v) is 2.90. The average Bonchev–Trinajstić information content (AvgIpc) is 2.71. The minimum absolute atomic E-state index is 0. The van der Waals surface area contributed by atoms with E-state index in [1.165, 1.54) is 11.3 Å². The summed E-state index contributed by atoms with van der Waals surface area (Å²) in [5.74, 6) is 0.849. The zero-order valence-electron chi connectivity index (χ0n) is 15.7. The number of phenolic OH excluding ortho intramolecular Hbond substituents is 1. The van der Waals surface area contributed by atoms with E-state index >= 15 is 0 Å². The summed E-state index contributed by atoms with van der Waals surface area (Å²) in [7, 11) is 5.17. The molecule has 2 rings (SSSR count). The molecule has 1 N–H and O–H groups in total. The van der Waals surface area contributed by atoms with Crippen LogP contribution in [0, 0.1) is 18.9 Å². The molecule has 1 atom stereocenters. The van der Waals surface area contributed by atoms with Gasteiger partial charge in [-0.2, -0.15) is 11.6 Å². The van der Waals surface area contributed by atoms with Crippen molar-refractivity contribution in [3.8, 4) is 5.75 Å². The second kappa shape index (κ2) is 17.6. The molecule has 24 heavy (non-hydrogen) atoms. The van der Waals surface area contributed by atoms with Gasteiger partial charge >= 0.3 is 0 Å². The Balaban J connectivity index is -0.000000131. The number of halogens is 2. The predicted octanol–water partition coefficient (Wildman–Crippen LogP) is 5.16. The molecule has 0 spiro atoms. The van der Waals surface area contributed by atoms with Crippen molar-refractivity contribution in [1.82, 2.24) is 4.90 Å². The Morgan fingerprint density at radius 1 is 1.12 bits per heavy atom. The second-order valence-corrected chi connectivity index (χ2v) is 6.37. The third-order valence-electron chi connectivity index (χ3n) is 2.90. The van der Waals surface area contributed by atoms with Crippen LogP contribution in [-0.4, -0.2) is 33.6 Å². The van der Waals surface area contributed by atoms with Gasteiger partial charge < -0.3 is 10.0 Å². The number of allylic oxidation sites excluding steroid dienone is 3. The van der Waals surface area contributed by atoms with Gasteiger partial charge in [0.1, 0.15) is 5.75 Å². The van der Waals surface area contributed by atoms with Gasteiger partial charge in [0.25, 0.3) is 0 Å². The summed E-state index contributed by atoms with van der Waals surface area (Å²) in [4.78, 5) is 2.09. The first-order valence-corrected chi connectivity index (χ1v) is 9.15. The number of hydrogen-bond donors (Lipinski definition) is 1. The molecule has 0 saturated carbocycles. The largest absolute Gasteiger partial charge is 0.508 e. The van der Waals surface area contributed by atoms with Crippen LogP contribution in [0.5, 0.6) is 5.75 Å². The number of likely N-dealkylation sites (N-methyl/N-ethyl adjacent to an activating group) is 1. The Labute approximate surface area is 178 Å². The van der Waals surface area contributed by atoms with E-state index in [2.05, 4.69) is 44.0 Å². The number of benzene rings is 1. The number of aryl methyl sites for hydroxylation is 1. The molecule has 0 saturated heterocycles. The Hall–Kier alpha value is -0.189. The zero-order chi connectivity index (χ0) is 16.4. The van der Waals surface area contributed by atoms with Crippen molar-refractivity contribution >= 4 is 34.3 Å². The topological polar surface area (TPSA) is 23.5 Å². The zero-order valence-corrected chi connectivity index (χ0v) is 19.9. The summed E-state index contributed by atoms with van der Waals surface area (Å²) >= 11 is 0.